The van der Waals surface area contributed by atoms with Crippen molar-refractivity contribution in [1.82, 2.24) is 0 Å². The summed E-state index contributed by atoms with van der Waals surface area (Å²) in [7, 11) is 0. The molecule has 1 aliphatic rings. The van der Waals surface area contributed by atoms with Gasteiger partial charge in [0.25, 0.3) is 0 Å². The molecule has 0 saturated heterocycles. The van der Waals surface area contributed by atoms with Crippen molar-refractivity contribution >= 4 is 5.69 Å². The number of hydrogen-bond acceptors (Lipinski definition) is 2. The van der Waals surface area contributed by atoms with E-state index in [1.54, 1.807) is 0 Å². The van der Waals surface area contributed by atoms with Crippen molar-refractivity contribution in [2.24, 2.45) is 5.92 Å². The van der Waals surface area contributed by atoms with E-state index in [2.05, 4.69) is 18.3 Å². The van der Waals surface area contributed by atoms with Gasteiger partial charge < -0.3 is 5.32 Å². The molecule has 16 heavy (non-hydrogen) atoms. The first-order chi connectivity index (χ1) is 7.79. The first kappa shape index (κ1) is 11.0. The van der Waals surface area contributed by atoms with Crippen LogP contribution in [0.3, 0.4) is 0 Å². The number of anilines is 1. The fourth-order valence-corrected chi connectivity index (χ4v) is 2.39. The number of hydrogen-bond donors (Lipinski definition) is 1. The number of nitrogens with zero attached hydrogens (tertiary/aromatic N) is 1. The van der Waals surface area contributed by atoms with Crippen molar-refractivity contribution in [3.63, 3.8) is 0 Å². The fourth-order valence-electron chi connectivity index (χ4n) is 2.39. The van der Waals surface area contributed by atoms with Gasteiger partial charge in [0.2, 0.25) is 0 Å². The Hall–Kier alpha value is -1.49. The largest absolute Gasteiger partial charge is 0.382 e. The highest BCUT2D eigenvalue weighted by molar-refractivity contribution is 5.47. The summed E-state index contributed by atoms with van der Waals surface area (Å²) in [6.45, 7) is 2.32. The zero-order chi connectivity index (χ0) is 11.4. The Bertz CT molecular complexity index is 375. The van der Waals surface area contributed by atoms with Gasteiger partial charge in [-0.1, -0.05) is 19.8 Å². The normalized spacial score (nSPS) is 24.8. The van der Waals surface area contributed by atoms with E-state index >= 15 is 0 Å². The predicted octanol–water partition coefficient (Wildman–Crippen LogP) is 3.55. The van der Waals surface area contributed by atoms with Crippen LogP contribution in [0.2, 0.25) is 0 Å². The Morgan fingerprint density at radius 1 is 1.19 bits per heavy atom. The molecule has 1 N–H and O–H groups in total. The van der Waals surface area contributed by atoms with Gasteiger partial charge in [-0.3, -0.25) is 0 Å². The van der Waals surface area contributed by atoms with Crippen molar-refractivity contribution in [2.75, 3.05) is 5.32 Å². The lowest BCUT2D eigenvalue weighted by atomic mass is 9.86. The van der Waals surface area contributed by atoms with Crippen LogP contribution in [-0.2, 0) is 0 Å². The molecule has 1 saturated carbocycles. The second-order valence-corrected chi connectivity index (χ2v) is 4.70. The highest BCUT2D eigenvalue weighted by Crippen LogP contribution is 2.26. The molecule has 0 bridgehead atoms. The standard InChI is InChI=1S/C14H18N2/c1-11-4-2-3-5-14(11)16-13-8-6-12(10-15)7-9-13/h6-9,11,14,16H,2-5H2,1H3. The minimum absolute atomic E-state index is 0.599. The van der Waals surface area contributed by atoms with Crippen LogP contribution in [0.15, 0.2) is 24.3 Å². The number of nitrogens with one attached hydrogen (secondary N) is 1. The maximum Gasteiger partial charge on any atom is 0.0991 e. The fraction of sp³-hybridized carbons (Fsp3) is 0.500. The summed E-state index contributed by atoms with van der Waals surface area (Å²) in [5.74, 6) is 0.754. The summed E-state index contributed by atoms with van der Waals surface area (Å²) in [6, 6.07) is 10.5. The third-order valence-corrected chi connectivity index (χ3v) is 3.48. The van der Waals surface area contributed by atoms with E-state index in [0.717, 1.165) is 17.2 Å². The minimum atomic E-state index is 0.599. The maximum atomic E-state index is 8.72. The lowest BCUT2D eigenvalue weighted by molar-refractivity contribution is 0.349. The molecule has 1 aliphatic carbocycles. The molecule has 0 radical (unpaired) electrons. The van der Waals surface area contributed by atoms with Crippen molar-refractivity contribution in [2.45, 2.75) is 38.6 Å². The van der Waals surface area contributed by atoms with Crippen molar-refractivity contribution in [1.29, 1.82) is 5.26 Å². The van der Waals surface area contributed by atoms with E-state index in [0.29, 0.717) is 6.04 Å². The van der Waals surface area contributed by atoms with Gasteiger partial charge in [-0.15, -0.1) is 0 Å². The Morgan fingerprint density at radius 3 is 2.50 bits per heavy atom. The average molecular weight is 214 g/mol. The van der Waals surface area contributed by atoms with E-state index in [-0.39, 0.29) is 0 Å². The van der Waals surface area contributed by atoms with Crippen molar-refractivity contribution in [3.8, 4) is 6.07 Å². The molecular formula is C14H18N2. The van der Waals surface area contributed by atoms with E-state index < -0.39 is 0 Å². The van der Waals surface area contributed by atoms with E-state index in [9.17, 15) is 0 Å². The van der Waals surface area contributed by atoms with E-state index in [4.69, 9.17) is 5.26 Å². The van der Waals surface area contributed by atoms with Gasteiger partial charge in [0.05, 0.1) is 11.6 Å². The molecule has 0 aliphatic heterocycles. The molecule has 2 rings (SSSR count). The quantitative estimate of drug-likeness (QED) is 0.817. The van der Waals surface area contributed by atoms with Crippen LogP contribution in [0.1, 0.15) is 38.2 Å². The number of rotatable bonds is 2. The van der Waals surface area contributed by atoms with E-state index in [1.807, 2.05) is 24.3 Å². The topological polar surface area (TPSA) is 35.8 Å². The van der Waals surface area contributed by atoms with Gasteiger partial charge in [0, 0.05) is 11.7 Å². The Labute approximate surface area is 97.3 Å². The molecule has 0 aromatic heterocycles. The Kier molecular flexibility index (Phi) is 3.46. The third-order valence-electron chi connectivity index (χ3n) is 3.48. The average Bonchev–Trinajstić information content (AvgIpc) is 2.33. The molecule has 84 valence electrons. The van der Waals surface area contributed by atoms with Crippen molar-refractivity contribution in [3.05, 3.63) is 29.8 Å². The molecule has 2 heteroatoms. The van der Waals surface area contributed by atoms with Crippen LogP contribution >= 0.6 is 0 Å². The van der Waals surface area contributed by atoms with Gasteiger partial charge in [-0.2, -0.15) is 5.26 Å². The van der Waals surface area contributed by atoms with Crippen LogP contribution in [0.4, 0.5) is 5.69 Å². The number of benzene rings is 1. The smallest absolute Gasteiger partial charge is 0.0991 e. The van der Waals surface area contributed by atoms with Crippen molar-refractivity contribution < 1.29 is 0 Å². The maximum absolute atomic E-state index is 8.72. The van der Waals surface area contributed by atoms with Crippen LogP contribution in [0.25, 0.3) is 0 Å². The summed E-state index contributed by atoms with van der Waals surface area (Å²) in [6.07, 6.45) is 5.29. The van der Waals surface area contributed by atoms with Gasteiger partial charge in [0.1, 0.15) is 0 Å². The summed E-state index contributed by atoms with van der Waals surface area (Å²) in [5, 5.41) is 12.3. The molecular weight excluding hydrogens is 196 g/mol. The zero-order valence-corrected chi connectivity index (χ0v) is 9.74. The summed E-state index contributed by atoms with van der Waals surface area (Å²) in [5.41, 5.74) is 1.86. The first-order valence-electron chi connectivity index (χ1n) is 6.06. The molecule has 2 atom stereocenters. The SMILES string of the molecule is CC1CCCCC1Nc1ccc(C#N)cc1. The van der Waals surface area contributed by atoms with Crippen LogP contribution in [0, 0.1) is 17.2 Å². The van der Waals surface area contributed by atoms with Gasteiger partial charge in [0.15, 0.2) is 0 Å². The number of nitriles is 1. The van der Waals surface area contributed by atoms with Gasteiger partial charge >= 0.3 is 0 Å². The van der Waals surface area contributed by atoms with Crippen LogP contribution < -0.4 is 5.32 Å². The molecule has 1 aromatic rings. The molecule has 1 fully saturated rings. The Morgan fingerprint density at radius 2 is 1.88 bits per heavy atom. The highest BCUT2D eigenvalue weighted by Gasteiger charge is 2.20. The second-order valence-electron chi connectivity index (χ2n) is 4.70. The summed E-state index contributed by atoms with van der Waals surface area (Å²) >= 11 is 0. The third kappa shape index (κ3) is 2.55. The molecule has 2 unspecified atom stereocenters. The van der Waals surface area contributed by atoms with Gasteiger partial charge in [-0.25, -0.2) is 0 Å². The molecule has 2 nitrogen and oxygen atoms in total. The van der Waals surface area contributed by atoms with Crippen LogP contribution in [0.5, 0.6) is 0 Å². The predicted molar refractivity (Wildman–Crippen MR) is 66.2 cm³/mol. The second kappa shape index (κ2) is 5.03. The zero-order valence-electron chi connectivity index (χ0n) is 9.74. The lowest BCUT2D eigenvalue weighted by Crippen LogP contribution is -2.30. The molecule has 0 heterocycles. The summed E-state index contributed by atoms with van der Waals surface area (Å²) < 4.78 is 0. The highest BCUT2D eigenvalue weighted by atomic mass is 14.9. The Balaban J connectivity index is 2.00. The van der Waals surface area contributed by atoms with E-state index in [1.165, 1.54) is 25.7 Å². The monoisotopic (exact) mass is 214 g/mol. The summed E-state index contributed by atoms with van der Waals surface area (Å²) in [4.78, 5) is 0. The molecule has 0 spiro atoms. The van der Waals surface area contributed by atoms with Gasteiger partial charge in [-0.05, 0) is 43.0 Å². The molecule has 1 aromatic carbocycles. The minimum Gasteiger partial charge on any atom is -0.382 e. The molecule has 0 amide bonds. The van der Waals surface area contributed by atoms with Crippen LogP contribution in [-0.4, -0.2) is 6.04 Å². The first-order valence-corrected chi connectivity index (χ1v) is 6.06. The lowest BCUT2D eigenvalue weighted by Gasteiger charge is -2.30.